The Morgan fingerprint density at radius 3 is 2.82 bits per heavy atom. The van der Waals surface area contributed by atoms with Gasteiger partial charge >= 0.3 is 0 Å². The number of nitrogens with zero attached hydrogens (tertiary/aromatic N) is 3. The van der Waals surface area contributed by atoms with Gasteiger partial charge in [-0.3, -0.25) is 4.68 Å². The largest absolute Gasteiger partial charge is 0.495 e. The summed E-state index contributed by atoms with van der Waals surface area (Å²) in [5.41, 5.74) is 1.08. The molecule has 0 saturated carbocycles. The molecule has 0 amide bonds. The Bertz CT molecular complexity index is 464. The van der Waals surface area contributed by atoms with E-state index in [0.29, 0.717) is 0 Å². The Balaban J connectivity index is 1.81. The summed E-state index contributed by atoms with van der Waals surface area (Å²) in [4.78, 5) is 4.22. The number of anilines is 1. The van der Waals surface area contributed by atoms with Crippen LogP contribution in [-0.2, 0) is 13.5 Å². The summed E-state index contributed by atoms with van der Waals surface area (Å²) < 4.78 is 6.85. The number of hydrogen-bond acceptors (Lipinski definition) is 4. The number of hydrogen-bond donors (Lipinski definition) is 1. The van der Waals surface area contributed by atoms with Crippen molar-refractivity contribution in [1.29, 1.82) is 0 Å². The molecule has 0 bridgehead atoms. The van der Waals surface area contributed by atoms with Crippen LogP contribution in [0.15, 0.2) is 30.6 Å². The SMILES string of the molecule is COc1ccc(NCCc2ccn(C)n2)nc1. The van der Waals surface area contributed by atoms with Crippen LogP contribution in [0.25, 0.3) is 0 Å². The molecule has 0 aromatic carbocycles. The van der Waals surface area contributed by atoms with Crippen LogP contribution in [-0.4, -0.2) is 28.4 Å². The maximum absolute atomic E-state index is 5.04. The summed E-state index contributed by atoms with van der Waals surface area (Å²) in [6.07, 6.45) is 4.53. The molecule has 0 spiro atoms. The van der Waals surface area contributed by atoms with Gasteiger partial charge in [0.15, 0.2) is 0 Å². The molecule has 17 heavy (non-hydrogen) atoms. The number of aryl methyl sites for hydroxylation is 1. The minimum absolute atomic E-state index is 0.764. The van der Waals surface area contributed by atoms with Gasteiger partial charge in [-0.25, -0.2) is 4.98 Å². The highest BCUT2D eigenvalue weighted by molar-refractivity contribution is 5.37. The second kappa shape index (κ2) is 5.34. The van der Waals surface area contributed by atoms with Gasteiger partial charge in [-0.15, -0.1) is 0 Å². The molecule has 0 unspecified atom stereocenters. The lowest BCUT2D eigenvalue weighted by Crippen LogP contribution is -2.06. The average Bonchev–Trinajstić information content (AvgIpc) is 2.76. The maximum atomic E-state index is 5.04. The maximum Gasteiger partial charge on any atom is 0.137 e. The van der Waals surface area contributed by atoms with E-state index >= 15 is 0 Å². The Labute approximate surface area is 100 Å². The Kier molecular flexibility index (Phi) is 3.59. The van der Waals surface area contributed by atoms with Crippen molar-refractivity contribution in [3.05, 3.63) is 36.3 Å². The van der Waals surface area contributed by atoms with Crippen LogP contribution in [0.1, 0.15) is 5.69 Å². The van der Waals surface area contributed by atoms with Crippen molar-refractivity contribution in [2.75, 3.05) is 19.0 Å². The summed E-state index contributed by atoms with van der Waals surface area (Å²) >= 11 is 0. The highest BCUT2D eigenvalue weighted by atomic mass is 16.5. The van der Waals surface area contributed by atoms with Crippen LogP contribution in [0.2, 0.25) is 0 Å². The molecule has 0 saturated heterocycles. The van der Waals surface area contributed by atoms with Crippen molar-refractivity contribution >= 4 is 5.82 Å². The van der Waals surface area contributed by atoms with E-state index in [1.54, 1.807) is 18.0 Å². The Morgan fingerprint density at radius 2 is 2.24 bits per heavy atom. The van der Waals surface area contributed by atoms with E-state index in [1.165, 1.54) is 0 Å². The molecule has 0 atom stereocenters. The summed E-state index contributed by atoms with van der Waals surface area (Å²) in [5.74, 6) is 1.61. The molecule has 0 aliphatic carbocycles. The number of rotatable bonds is 5. The van der Waals surface area contributed by atoms with Gasteiger partial charge in [-0.2, -0.15) is 5.10 Å². The molecule has 5 heteroatoms. The lowest BCUT2D eigenvalue weighted by Gasteiger charge is -2.05. The van der Waals surface area contributed by atoms with Crippen LogP contribution in [0, 0.1) is 0 Å². The fraction of sp³-hybridized carbons (Fsp3) is 0.333. The van der Waals surface area contributed by atoms with Gasteiger partial charge < -0.3 is 10.1 Å². The molecule has 0 aliphatic rings. The van der Waals surface area contributed by atoms with Crippen molar-refractivity contribution in [1.82, 2.24) is 14.8 Å². The van der Waals surface area contributed by atoms with Gasteiger partial charge in [0.2, 0.25) is 0 Å². The molecule has 2 rings (SSSR count). The second-order valence-corrected chi connectivity index (χ2v) is 3.74. The zero-order valence-corrected chi connectivity index (χ0v) is 10.1. The van der Waals surface area contributed by atoms with Crippen LogP contribution in [0.4, 0.5) is 5.82 Å². The molecule has 0 fully saturated rings. The minimum atomic E-state index is 0.764. The number of ether oxygens (including phenoxy) is 1. The van der Waals surface area contributed by atoms with E-state index in [0.717, 1.165) is 30.2 Å². The number of aromatic nitrogens is 3. The normalized spacial score (nSPS) is 10.2. The summed E-state index contributed by atoms with van der Waals surface area (Å²) in [6.45, 7) is 0.816. The quantitative estimate of drug-likeness (QED) is 0.848. The summed E-state index contributed by atoms with van der Waals surface area (Å²) in [5, 5.41) is 7.54. The zero-order chi connectivity index (χ0) is 12.1. The topological polar surface area (TPSA) is 52.0 Å². The highest BCUT2D eigenvalue weighted by Crippen LogP contribution is 2.10. The van der Waals surface area contributed by atoms with Crippen LogP contribution >= 0.6 is 0 Å². The van der Waals surface area contributed by atoms with Crippen molar-refractivity contribution in [3.8, 4) is 5.75 Å². The third kappa shape index (κ3) is 3.21. The summed E-state index contributed by atoms with van der Waals surface area (Å²) in [6, 6.07) is 5.80. The first-order valence-corrected chi connectivity index (χ1v) is 5.50. The monoisotopic (exact) mass is 232 g/mol. The lowest BCUT2D eigenvalue weighted by atomic mass is 10.3. The first kappa shape index (κ1) is 11.4. The number of pyridine rings is 1. The standard InChI is InChI=1S/C12H16N4O/c1-16-8-6-10(15-16)5-7-13-12-4-3-11(17-2)9-14-12/h3-4,6,8-9H,5,7H2,1-2H3,(H,13,14). The van der Waals surface area contributed by atoms with Gasteiger partial charge in [0.05, 0.1) is 19.0 Å². The molecule has 2 aromatic rings. The first-order valence-electron chi connectivity index (χ1n) is 5.50. The molecular formula is C12H16N4O. The molecule has 2 aromatic heterocycles. The molecule has 2 heterocycles. The molecule has 90 valence electrons. The Morgan fingerprint density at radius 1 is 1.35 bits per heavy atom. The Hall–Kier alpha value is -2.04. The van der Waals surface area contributed by atoms with E-state index < -0.39 is 0 Å². The number of methoxy groups -OCH3 is 1. The van der Waals surface area contributed by atoms with E-state index in [1.807, 2.05) is 31.4 Å². The second-order valence-electron chi connectivity index (χ2n) is 3.74. The fourth-order valence-electron chi connectivity index (χ4n) is 1.52. The van der Waals surface area contributed by atoms with Crippen molar-refractivity contribution in [3.63, 3.8) is 0 Å². The highest BCUT2D eigenvalue weighted by Gasteiger charge is 1.98. The lowest BCUT2D eigenvalue weighted by molar-refractivity contribution is 0.413. The molecule has 5 nitrogen and oxygen atoms in total. The van der Waals surface area contributed by atoms with Gasteiger partial charge in [0, 0.05) is 26.2 Å². The molecular weight excluding hydrogens is 216 g/mol. The van der Waals surface area contributed by atoms with E-state index in [-0.39, 0.29) is 0 Å². The summed E-state index contributed by atoms with van der Waals surface area (Å²) in [7, 11) is 3.55. The van der Waals surface area contributed by atoms with Gasteiger partial charge in [0.1, 0.15) is 11.6 Å². The van der Waals surface area contributed by atoms with Gasteiger partial charge in [-0.1, -0.05) is 0 Å². The molecule has 1 N–H and O–H groups in total. The molecule has 0 radical (unpaired) electrons. The minimum Gasteiger partial charge on any atom is -0.495 e. The first-order chi connectivity index (χ1) is 8.28. The fourth-order valence-corrected chi connectivity index (χ4v) is 1.52. The van der Waals surface area contributed by atoms with Crippen molar-refractivity contribution < 1.29 is 4.74 Å². The molecule has 0 aliphatic heterocycles. The smallest absolute Gasteiger partial charge is 0.137 e. The van der Waals surface area contributed by atoms with E-state index in [2.05, 4.69) is 15.4 Å². The third-order valence-electron chi connectivity index (χ3n) is 2.43. The number of nitrogens with one attached hydrogen (secondary N) is 1. The van der Waals surface area contributed by atoms with Crippen molar-refractivity contribution in [2.45, 2.75) is 6.42 Å². The predicted molar refractivity (Wildman–Crippen MR) is 66.2 cm³/mol. The van der Waals surface area contributed by atoms with E-state index in [4.69, 9.17) is 4.74 Å². The zero-order valence-electron chi connectivity index (χ0n) is 10.1. The predicted octanol–water partition coefficient (Wildman–Crippen LogP) is 1.48. The van der Waals surface area contributed by atoms with Crippen LogP contribution < -0.4 is 10.1 Å². The van der Waals surface area contributed by atoms with Gasteiger partial charge in [-0.05, 0) is 18.2 Å². The van der Waals surface area contributed by atoms with E-state index in [9.17, 15) is 0 Å². The average molecular weight is 232 g/mol. The van der Waals surface area contributed by atoms with Crippen LogP contribution in [0.3, 0.4) is 0 Å². The third-order valence-corrected chi connectivity index (χ3v) is 2.43. The van der Waals surface area contributed by atoms with Crippen LogP contribution in [0.5, 0.6) is 5.75 Å². The van der Waals surface area contributed by atoms with Gasteiger partial charge in [0.25, 0.3) is 0 Å². The van der Waals surface area contributed by atoms with Crippen molar-refractivity contribution in [2.24, 2.45) is 7.05 Å².